The van der Waals surface area contributed by atoms with E-state index >= 15 is 0 Å². The molecular weight excluding hydrogens is 677 g/mol. The second-order valence-electron chi connectivity index (χ2n) is 10.4. The fourth-order valence-corrected chi connectivity index (χ4v) is 13.6. The summed E-state index contributed by atoms with van der Waals surface area (Å²) in [7, 11) is -11.6. The first-order chi connectivity index (χ1) is 24.1. The molecule has 1 atom stereocenters. The Bertz CT molecular complexity index is 1950. The van der Waals surface area contributed by atoms with Gasteiger partial charge in [0.15, 0.2) is 0 Å². The first-order valence-corrected chi connectivity index (χ1v) is 19.9. The van der Waals surface area contributed by atoms with E-state index in [1.54, 1.807) is 66.9 Å². The number of hydrogen-bond acceptors (Lipinski definition) is 10. The zero-order chi connectivity index (χ0) is 33.2. The van der Waals surface area contributed by atoms with Gasteiger partial charge in [0.05, 0.1) is 12.3 Å². The third-order valence-corrected chi connectivity index (χ3v) is 14.8. The van der Waals surface area contributed by atoms with E-state index in [2.05, 4.69) is 4.98 Å². The van der Waals surface area contributed by atoms with Crippen LogP contribution in [-0.4, -0.2) is 4.98 Å². The lowest BCUT2D eigenvalue weighted by Gasteiger charge is -2.33. The Labute approximate surface area is 285 Å². The largest absolute Gasteiger partial charge is 0.460 e. The van der Waals surface area contributed by atoms with Crippen molar-refractivity contribution in [2.24, 2.45) is 13.5 Å². The van der Waals surface area contributed by atoms with Crippen LogP contribution in [0.4, 0.5) is 0 Å². The van der Waals surface area contributed by atoms with Gasteiger partial charge < -0.3 is 22.6 Å². The molecular formula is C36H31N4O6P3. The molecule has 0 saturated heterocycles. The average molecular weight is 709 g/mol. The van der Waals surface area contributed by atoms with Crippen LogP contribution in [0.25, 0.3) is 0 Å². The van der Waals surface area contributed by atoms with E-state index in [-0.39, 0.29) is 6.61 Å². The molecule has 0 amide bonds. The minimum atomic E-state index is -3.87. The molecule has 5 aromatic carbocycles. The topological polar surface area (TPSA) is 105 Å². The molecule has 0 saturated carbocycles. The van der Waals surface area contributed by atoms with Crippen LogP contribution >= 0.6 is 23.0 Å². The number of aromatic nitrogens is 1. The van der Waals surface area contributed by atoms with E-state index in [1.807, 2.05) is 109 Å². The highest BCUT2D eigenvalue weighted by atomic mass is 31.3. The van der Waals surface area contributed by atoms with Crippen LogP contribution in [0.3, 0.4) is 0 Å². The molecule has 0 N–H and O–H groups in total. The molecule has 246 valence electrons. The summed E-state index contributed by atoms with van der Waals surface area (Å²) in [6, 6.07) is 51.6. The van der Waals surface area contributed by atoms with E-state index in [1.165, 1.54) is 0 Å². The fraction of sp³-hybridized carbons (Fsp3) is 0.0278. The molecule has 0 aliphatic carbocycles. The monoisotopic (exact) mass is 708 g/mol. The van der Waals surface area contributed by atoms with E-state index in [4.69, 9.17) is 40.7 Å². The first kappa shape index (κ1) is 32.4. The molecule has 0 radical (unpaired) electrons. The van der Waals surface area contributed by atoms with Gasteiger partial charge in [0.25, 0.3) is 0 Å². The number of rotatable bonds is 13. The van der Waals surface area contributed by atoms with Gasteiger partial charge in [-0.05, 0) is 72.8 Å². The lowest BCUT2D eigenvalue weighted by molar-refractivity contribution is 0.289. The summed E-state index contributed by atoms with van der Waals surface area (Å²) in [5, 5.41) is 0. The Morgan fingerprint density at radius 2 is 0.653 bits per heavy atom. The van der Waals surface area contributed by atoms with Crippen molar-refractivity contribution >= 4 is 23.0 Å². The second-order valence-corrected chi connectivity index (χ2v) is 16.6. The number of pyridine rings is 1. The van der Waals surface area contributed by atoms with Gasteiger partial charge in [-0.3, -0.25) is 9.51 Å². The lowest BCUT2D eigenvalue weighted by atomic mass is 10.3. The van der Waals surface area contributed by atoms with E-state index in [0.29, 0.717) is 34.4 Å². The van der Waals surface area contributed by atoms with Gasteiger partial charge >= 0.3 is 23.0 Å². The van der Waals surface area contributed by atoms with Gasteiger partial charge in [0, 0.05) is 6.20 Å². The zero-order valence-corrected chi connectivity index (χ0v) is 28.7. The van der Waals surface area contributed by atoms with Gasteiger partial charge in [-0.25, -0.2) is 0 Å². The normalized spacial score (nSPS) is 17.2. The van der Waals surface area contributed by atoms with Crippen molar-refractivity contribution in [3.63, 3.8) is 0 Å². The number of hydrogen-bond donors (Lipinski definition) is 0. The number of benzene rings is 5. The molecule has 0 spiro atoms. The predicted molar refractivity (Wildman–Crippen MR) is 192 cm³/mol. The first-order valence-electron chi connectivity index (χ1n) is 15.3. The molecule has 1 aliphatic heterocycles. The number of nitrogens with zero attached hydrogens (tertiary/aromatic N) is 4. The van der Waals surface area contributed by atoms with Crippen LogP contribution in [0.2, 0.25) is 0 Å². The van der Waals surface area contributed by atoms with Crippen molar-refractivity contribution in [2.45, 2.75) is 6.61 Å². The summed E-state index contributed by atoms with van der Waals surface area (Å²) in [4.78, 5) is 4.47. The maximum atomic E-state index is 6.74. The fourth-order valence-electron chi connectivity index (χ4n) is 4.51. The summed E-state index contributed by atoms with van der Waals surface area (Å²) < 4.78 is 55.9. The SMILES string of the molecule is c1ccc(OP2(OCc3ccccn3)=NP(Oc3ccccc3)(Oc3ccccc3)=NP(Oc3ccccc3)(Oc3ccccc3)=N2)cc1. The van der Waals surface area contributed by atoms with E-state index in [9.17, 15) is 0 Å². The van der Waals surface area contributed by atoms with Crippen molar-refractivity contribution in [1.82, 2.24) is 4.98 Å². The molecule has 13 heteroatoms. The lowest BCUT2D eigenvalue weighted by Crippen LogP contribution is -2.10. The van der Waals surface area contributed by atoms with Crippen LogP contribution in [0, 0.1) is 0 Å². The van der Waals surface area contributed by atoms with Gasteiger partial charge in [-0.1, -0.05) is 102 Å². The molecule has 10 nitrogen and oxygen atoms in total. The quantitative estimate of drug-likeness (QED) is 0.110. The van der Waals surface area contributed by atoms with Crippen LogP contribution in [0.15, 0.2) is 190 Å². The van der Waals surface area contributed by atoms with Crippen LogP contribution in [0.1, 0.15) is 5.69 Å². The predicted octanol–water partition coefficient (Wildman–Crippen LogP) is 11.8. The highest BCUT2D eigenvalue weighted by Crippen LogP contribution is 2.79. The standard InChI is InChI=1S/C36H31N4O6P3/c1-6-19-32(20-7-1)42-47(41-30-31-18-16-17-29-37-31)38-48(43-33-21-8-2-9-22-33,44-34-23-10-3-11-24-34)40-49(39-47,45-35-25-12-4-13-26-35)46-36-27-14-5-15-28-36/h1-29H,30H2. The van der Waals surface area contributed by atoms with Gasteiger partial charge in [0.2, 0.25) is 0 Å². The summed E-state index contributed by atoms with van der Waals surface area (Å²) in [5.41, 5.74) is 0.639. The maximum absolute atomic E-state index is 6.74. The molecule has 49 heavy (non-hydrogen) atoms. The Balaban J connectivity index is 1.52. The molecule has 7 rings (SSSR count). The smallest absolute Gasteiger partial charge is 0.422 e. The molecule has 1 unspecified atom stereocenters. The van der Waals surface area contributed by atoms with E-state index in [0.717, 1.165) is 0 Å². The minimum absolute atomic E-state index is 0.00179. The molecule has 0 fully saturated rings. The summed E-state index contributed by atoms with van der Waals surface area (Å²) in [5.74, 6) is 2.30. The molecule has 1 aliphatic rings. The Kier molecular flexibility index (Phi) is 9.92. The van der Waals surface area contributed by atoms with Crippen LogP contribution in [-0.2, 0) is 11.1 Å². The zero-order valence-electron chi connectivity index (χ0n) is 26.0. The third kappa shape index (κ3) is 8.50. The van der Waals surface area contributed by atoms with Crippen molar-refractivity contribution in [3.05, 3.63) is 182 Å². The molecule has 0 bridgehead atoms. The van der Waals surface area contributed by atoms with Gasteiger partial charge in [-0.15, -0.1) is 9.03 Å². The molecule has 1 aromatic heterocycles. The van der Waals surface area contributed by atoms with Gasteiger partial charge in [-0.2, -0.15) is 0 Å². The number of para-hydroxylation sites is 5. The van der Waals surface area contributed by atoms with Crippen molar-refractivity contribution in [3.8, 4) is 28.7 Å². The minimum Gasteiger partial charge on any atom is -0.422 e. The Morgan fingerprint density at radius 1 is 0.347 bits per heavy atom. The van der Waals surface area contributed by atoms with E-state index < -0.39 is 23.0 Å². The third-order valence-electron chi connectivity index (χ3n) is 6.62. The Hall–Kier alpha value is -5.10. The van der Waals surface area contributed by atoms with Crippen LogP contribution in [0.5, 0.6) is 28.7 Å². The van der Waals surface area contributed by atoms with Crippen molar-refractivity contribution in [2.75, 3.05) is 0 Å². The average Bonchev–Trinajstić information content (AvgIpc) is 3.13. The summed E-state index contributed by atoms with van der Waals surface area (Å²) >= 11 is 0. The molecule has 2 heterocycles. The second kappa shape index (κ2) is 15.0. The van der Waals surface area contributed by atoms with Crippen LogP contribution < -0.4 is 22.6 Å². The highest BCUT2D eigenvalue weighted by Gasteiger charge is 2.48. The highest BCUT2D eigenvalue weighted by molar-refractivity contribution is 7.78. The van der Waals surface area contributed by atoms with Crippen molar-refractivity contribution in [1.29, 1.82) is 0 Å². The van der Waals surface area contributed by atoms with Crippen molar-refractivity contribution < 1.29 is 27.1 Å². The maximum Gasteiger partial charge on any atom is 0.460 e. The Morgan fingerprint density at radius 3 is 1.00 bits per heavy atom. The molecule has 6 aromatic rings. The summed E-state index contributed by atoms with van der Waals surface area (Å²) in [6.45, 7) is 0.00179. The van der Waals surface area contributed by atoms with Gasteiger partial charge in [0.1, 0.15) is 28.7 Å². The summed E-state index contributed by atoms with van der Waals surface area (Å²) in [6.07, 6.45) is 1.69.